The molecule has 6 rings (SSSR count). The Hall–Kier alpha value is -3.80. The van der Waals surface area contributed by atoms with Gasteiger partial charge in [-0.3, -0.25) is 0 Å². The summed E-state index contributed by atoms with van der Waals surface area (Å²) in [4.78, 5) is 21.6. The average molecular weight is 527 g/mol. The highest BCUT2D eigenvalue weighted by atomic mass is 19.3. The van der Waals surface area contributed by atoms with Gasteiger partial charge in [-0.2, -0.15) is 0 Å². The number of alkyl halides is 2. The third-order valence-electron chi connectivity index (χ3n) is 7.30. The zero-order valence-electron chi connectivity index (χ0n) is 20.7. The molecule has 2 aliphatic rings. The van der Waals surface area contributed by atoms with Crippen molar-refractivity contribution in [2.75, 3.05) is 42.9 Å². The minimum atomic E-state index is -2.62. The molecular weight excluding hydrogens is 500 g/mol. The van der Waals surface area contributed by atoms with Gasteiger partial charge in [0.15, 0.2) is 11.6 Å². The third kappa shape index (κ3) is 4.42. The molecule has 0 bridgehead atoms. The monoisotopic (exact) mass is 526 g/mol. The topological polar surface area (TPSA) is 75.0 Å². The third-order valence-corrected chi connectivity index (χ3v) is 7.30. The number of fused-ring (bicyclic) bond motifs is 3. The molecule has 0 radical (unpaired) electrons. The molecule has 5 heterocycles. The van der Waals surface area contributed by atoms with Crippen LogP contribution in [0.4, 0.5) is 35.0 Å². The van der Waals surface area contributed by atoms with Gasteiger partial charge in [0.25, 0.3) is 6.43 Å². The molecule has 198 valence electrons. The summed E-state index contributed by atoms with van der Waals surface area (Å²) in [5, 5.41) is 2.96. The van der Waals surface area contributed by atoms with Gasteiger partial charge in [0.1, 0.15) is 22.9 Å². The van der Waals surface area contributed by atoms with Crippen molar-refractivity contribution in [3.63, 3.8) is 0 Å². The second kappa shape index (κ2) is 9.82. The molecular formula is C26H26F4N8. The van der Waals surface area contributed by atoms with Crippen LogP contribution >= 0.6 is 0 Å². The lowest BCUT2D eigenvalue weighted by atomic mass is 10.1. The summed E-state index contributed by atoms with van der Waals surface area (Å²) in [5.41, 5.74) is 1.14. The first-order valence-corrected chi connectivity index (χ1v) is 12.6. The standard InChI is InChI=1S/C26H26F4N8/c1-2-36-7-9-37(10-8-36)16-3-5-21(31-13-16)33-26-32-14-18(28)23(35-26)15-11-17(27)24-20(12-15)38-19(25(29)30)4-6-22(38)34-24/h3,5,11-14,19,25H,2,4,6-10H2,1H3,(H,31,32,33,35)/t19-/m0/s1. The number of anilines is 3. The average Bonchev–Trinajstić information content (AvgIpc) is 3.51. The van der Waals surface area contributed by atoms with Crippen LogP contribution in [0.3, 0.4) is 0 Å². The van der Waals surface area contributed by atoms with Crippen molar-refractivity contribution in [2.45, 2.75) is 32.2 Å². The molecule has 0 amide bonds. The molecule has 0 aliphatic carbocycles. The number of halogens is 4. The van der Waals surface area contributed by atoms with Crippen LogP contribution in [0.2, 0.25) is 0 Å². The minimum absolute atomic E-state index is 0.0117. The second-order valence-electron chi connectivity index (χ2n) is 9.50. The van der Waals surface area contributed by atoms with Crippen molar-refractivity contribution in [1.82, 2.24) is 29.4 Å². The molecule has 1 atom stereocenters. The van der Waals surface area contributed by atoms with E-state index in [-0.39, 0.29) is 34.7 Å². The van der Waals surface area contributed by atoms with Gasteiger partial charge in [0.05, 0.1) is 29.6 Å². The molecule has 2 aliphatic heterocycles. The van der Waals surface area contributed by atoms with E-state index in [2.05, 4.69) is 42.0 Å². The molecule has 1 saturated heterocycles. The number of nitrogens with zero attached hydrogens (tertiary/aromatic N) is 7. The number of aromatic nitrogens is 5. The van der Waals surface area contributed by atoms with Gasteiger partial charge >= 0.3 is 0 Å². The lowest BCUT2D eigenvalue weighted by molar-refractivity contribution is 0.0883. The van der Waals surface area contributed by atoms with Gasteiger partial charge in [-0.05, 0) is 37.2 Å². The lowest BCUT2D eigenvalue weighted by Gasteiger charge is -2.35. The number of nitrogens with one attached hydrogen (secondary N) is 1. The summed E-state index contributed by atoms with van der Waals surface area (Å²) >= 11 is 0. The van der Waals surface area contributed by atoms with Gasteiger partial charge in [0.2, 0.25) is 5.95 Å². The first kappa shape index (κ1) is 24.5. The largest absolute Gasteiger partial charge is 0.368 e. The van der Waals surface area contributed by atoms with Crippen LogP contribution in [0.5, 0.6) is 0 Å². The number of piperazine rings is 1. The van der Waals surface area contributed by atoms with Gasteiger partial charge in [-0.1, -0.05) is 6.92 Å². The summed E-state index contributed by atoms with van der Waals surface area (Å²) < 4.78 is 58.3. The van der Waals surface area contributed by atoms with E-state index in [0.29, 0.717) is 18.1 Å². The maximum atomic E-state index is 15.0. The van der Waals surface area contributed by atoms with E-state index >= 15 is 0 Å². The Kier molecular flexibility index (Phi) is 6.34. The number of likely N-dealkylation sites (N-methyl/N-ethyl adjacent to an activating group) is 1. The number of pyridine rings is 1. The summed E-state index contributed by atoms with van der Waals surface area (Å²) in [6.07, 6.45) is 0.675. The van der Waals surface area contributed by atoms with E-state index in [9.17, 15) is 17.6 Å². The zero-order valence-corrected chi connectivity index (χ0v) is 20.7. The molecule has 8 nitrogen and oxygen atoms in total. The molecule has 4 aromatic rings. The van der Waals surface area contributed by atoms with Crippen molar-refractivity contribution in [3.05, 3.63) is 54.1 Å². The van der Waals surface area contributed by atoms with Crippen LogP contribution in [0.25, 0.3) is 22.3 Å². The minimum Gasteiger partial charge on any atom is -0.368 e. The number of rotatable bonds is 6. The van der Waals surface area contributed by atoms with Gasteiger partial charge in [0, 0.05) is 38.2 Å². The molecule has 12 heteroatoms. The van der Waals surface area contributed by atoms with Crippen LogP contribution in [0.1, 0.15) is 25.2 Å². The molecule has 0 unspecified atom stereocenters. The van der Waals surface area contributed by atoms with Crippen molar-refractivity contribution >= 4 is 28.5 Å². The maximum Gasteiger partial charge on any atom is 0.259 e. The Bertz CT molecular complexity index is 1460. The molecule has 3 aromatic heterocycles. The summed E-state index contributed by atoms with van der Waals surface area (Å²) in [5.74, 6) is -0.558. The molecule has 0 spiro atoms. The normalized spacial score (nSPS) is 17.9. The lowest BCUT2D eigenvalue weighted by Crippen LogP contribution is -2.46. The Balaban J connectivity index is 1.26. The van der Waals surface area contributed by atoms with Gasteiger partial charge in [-0.25, -0.2) is 37.5 Å². The van der Waals surface area contributed by atoms with Crippen molar-refractivity contribution in [2.24, 2.45) is 0 Å². The van der Waals surface area contributed by atoms with E-state index in [1.807, 2.05) is 6.07 Å². The SMILES string of the molecule is CCN1CCN(c2ccc(Nc3ncc(F)c(-c4cc(F)c5nc6n(c5c4)[C@H](C(F)F)CC6)n3)nc2)CC1. The molecule has 0 saturated carbocycles. The van der Waals surface area contributed by atoms with E-state index < -0.39 is 24.1 Å². The smallest absolute Gasteiger partial charge is 0.259 e. The zero-order chi connectivity index (χ0) is 26.4. The second-order valence-corrected chi connectivity index (χ2v) is 9.50. The van der Waals surface area contributed by atoms with E-state index in [4.69, 9.17) is 0 Å². The summed E-state index contributed by atoms with van der Waals surface area (Å²) in [7, 11) is 0. The van der Waals surface area contributed by atoms with Crippen LogP contribution in [0.15, 0.2) is 36.7 Å². The van der Waals surface area contributed by atoms with Crippen LogP contribution < -0.4 is 10.2 Å². The van der Waals surface area contributed by atoms with Crippen LogP contribution in [0, 0.1) is 11.6 Å². The summed E-state index contributed by atoms with van der Waals surface area (Å²) in [6.45, 7) is 7.04. The number of hydrogen-bond donors (Lipinski definition) is 1. The Labute approximate surface area is 216 Å². The fraction of sp³-hybridized carbons (Fsp3) is 0.385. The van der Waals surface area contributed by atoms with Gasteiger partial charge in [-0.15, -0.1) is 0 Å². The van der Waals surface area contributed by atoms with Crippen LogP contribution in [-0.2, 0) is 6.42 Å². The van der Waals surface area contributed by atoms with E-state index in [0.717, 1.165) is 50.7 Å². The molecule has 1 N–H and O–H groups in total. The number of hydrogen-bond acceptors (Lipinski definition) is 7. The quantitative estimate of drug-likeness (QED) is 0.362. The highest BCUT2D eigenvalue weighted by Gasteiger charge is 2.33. The fourth-order valence-corrected chi connectivity index (χ4v) is 5.24. The maximum absolute atomic E-state index is 15.0. The van der Waals surface area contributed by atoms with Crippen molar-refractivity contribution in [1.29, 1.82) is 0 Å². The highest BCUT2D eigenvalue weighted by molar-refractivity contribution is 5.83. The van der Waals surface area contributed by atoms with E-state index in [1.165, 1.54) is 10.6 Å². The highest BCUT2D eigenvalue weighted by Crippen LogP contribution is 2.37. The van der Waals surface area contributed by atoms with E-state index in [1.54, 1.807) is 12.3 Å². The Morgan fingerprint density at radius 2 is 1.82 bits per heavy atom. The van der Waals surface area contributed by atoms with Crippen LogP contribution in [-0.4, -0.2) is 68.6 Å². The first-order chi connectivity index (χ1) is 18.4. The first-order valence-electron chi connectivity index (χ1n) is 12.6. The predicted molar refractivity (Wildman–Crippen MR) is 136 cm³/mol. The summed E-state index contributed by atoms with van der Waals surface area (Å²) in [6, 6.07) is 5.21. The van der Waals surface area contributed by atoms with Crippen molar-refractivity contribution < 1.29 is 17.6 Å². The number of benzene rings is 1. The molecule has 38 heavy (non-hydrogen) atoms. The van der Waals surface area contributed by atoms with Crippen molar-refractivity contribution in [3.8, 4) is 11.3 Å². The molecule has 1 aromatic carbocycles. The predicted octanol–water partition coefficient (Wildman–Crippen LogP) is 4.80. The number of imidazole rings is 1. The number of aryl methyl sites for hydroxylation is 1. The fourth-order valence-electron chi connectivity index (χ4n) is 5.24. The Morgan fingerprint density at radius 3 is 2.53 bits per heavy atom. The van der Waals surface area contributed by atoms with Gasteiger partial charge < -0.3 is 19.7 Å². The molecule has 1 fully saturated rings. The Morgan fingerprint density at radius 1 is 1.00 bits per heavy atom.